The Morgan fingerprint density at radius 1 is 0.519 bits per heavy atom. The van der Waals surface area contributed by atoms with Crippen LogP contribution < -0.4 is 0 Å². The van der Waals surface area contributed by atoms with E-state index in [-0.39, 0.29) is 16.2 Å². The van der Waals surface area contributed by atoms with Gasteiger partial charge in [-0.2, -0.15) is 0 Å². The first-order valence-corrected chi connectivity index (χ1v) is 10.1. The second-order valence-corrected chi connectivity index (χ2v) is 9.91. The number of hydrogen-bond acceptors (Lipinski definition) is 0. The summed E-state index contributed by atoms with van der Waals surface area (Å²) in [6.45, 7) is 14.4. The lowest BCUT2D eigenvalue weighted by Crippen LogP contribution is -2.41. The largest absolute Gasteiger partial charge is 0.0619 e. The van der Waals surface area contributed by atoms with Gasteiger partial charge in [0.15, 0.2) is 0 Å². The molecule has 0 heteroatoms. The van der Waals surface area contributed by atoms with Crippen LogP contribution in [-0.4, -0.2) is 0 Å². The fourth-order valence-electron chi connectivity index (χ4n) is 5.45. The molecule has 3 aromatic rings. The van der Waals surface area contributed by atoms with Gasteiger partial charge in [0.05, 0.1) is 0 Å². The summed E-state index contributed by atoms with van der Waals surface area (Å²) in [7, 11) is 0. The molecule has 0 radical (unpaired) electrons. The van der Waals surface area contributed by atoms with Crippen molar-refractivity contribution in [1.29, 1.82) is 0 Å². The van der Waals surface area contributed by atoms with Crippen molar-refractivity contribution >= 4 is 0 Å². The highest BCUT2D eigenvalue weighted by atomic mass is 14.5. The molecular formula is C27H28. The summed E-state index contributed by atoms with van der Waals surface area (Å²) in [4.78, 5) is 0. The normalized spacial score (nSPS) is 19.6. The molecule has 2 aliphatic rings. The first kappa shape index (κ1) is 16.8. The second kappa shape index (κ2) is 4.93. The highest BCUT2D eigenvalue weighted by Crippen LogP contribution is 2.57. The van der Waals surface area contributed by atoms with Crippen LogP contribution in [0.1, 0.15) is 63.8 Å². The number of fused-ring (bicyclic) bond motifs is 3. The van der Waals surface area contributed by atoms with E-state index in [2.05, 4.69) is 102 Å². The Balaban J connectivity index is 2.02. The van der Waals surface area contributed by atoms with Crippen LogP contribution in [0.5, 0.6) is 0 Å². The van der Waals surface area contributed by atoms with Gasteiger partial charge in [0.25, 0.3) is 0 Å². The summed E-state index contributed by atoms with van der Waals surface area (Å²) < 4.78 is 0. The number of hydrogen-bond donors (Lipinski definition) is 0. The van der Waals surface area contributed by atoms with Gasteiger partial charge in [-0.3, -0.25) is 0 Å². The fourth-order valence-corrected chi connectivity index (χ4v) is 5.45. The Bertz CT molecular complexity index is 1090. The molecule has 27 heavy (non-hydrogen) atoms. The highest BCUT2D eigenvalue weighted by Gasteiger charge is 2.46. The van der Waals surface area contributed by atoms with E-state index in [1.165, 1.54) is 44.5 Å². The summed E-state index contributed by atoms with van der Waals surface area (Å²) in [5.74, 6) is 0. The smallest absolute Gasteiger partial charge is 0.0158 e. The molecule has 2 aliphatic carbocycles. The van der Waals surface area contributed by atoms with Crippen LogP contribution >= 0.6 is 0 Å². The van der Waals surface area contributed by atoms with Crippen LogP contribution in [0.3, 0.4) is 0 Å². The van der Waals surface area contributed by atoms with Crippen molar-refractivity contribution in [3.63, 3.8) is 0 Å². The Morgan fingerprint density at radius 2 is 1.15 bits per heavy atom. The Labute approximate surface area is 163 Å². The molecule has 0 fully saturated rings. The molecule has 0 saturated carbocycles. The van der Waals surface area contributed by atoms with Gasteiger partial charge in [0, 0.05) is 5.41 Å². The molecule has 0 unspecified atom stereocenters. The highest BCUT2D eigenvalue weighted by molar-refractivity contribution is 5.88. The van der Waals surface area contributed by atoms with Crippen molar-refractivity contribution in [3.8, 4) is 22.3 Å². The predicted octanol–water partition coefficient (Wildman–Crippen LogP) is 7.23. The van der Waals surface area contributed by atoms with Crippen LogP contribution in [0, 0.1) is 0 Å². The third-order valence-electron chi connectivity index (χ3n) is 7.85. The van der Waals surface area contributed by atoms with E-state index in [4.69, 9.17) is 0 Å². The third-order valence-corrected chi connectivity index (χ3v) is 7.85. The molecule has 0 aliphatic heterocycles. The second-order valence-electron chi connectivity index (χ2n) is 9.91. The Hall–Kier alpha value is -2.34. The van der Waals surface area contributed by atoms with Crippen molar-refractivity contribution in [3.05, 3.63) is 82.9 Å². The summed E-state index contributed by atoms with van der Waals surface area (Å²) in [5, 5.41) is 0. The van der Waals surface area contributed by atoms with Gasteiger partial charge in [-0.15, -0.1) is 0 Å². The standard InChI is InChI=1S/C27H28/c1-25(2)20-15-14-17-16-19(20)24-22(25)12-9-13-23(24)27(5,6)26(3,4)21-11-8-7-10-18(17)21/h7-16H,1-6H3. The molecule has 0 nitrogen and oxygen atoms in total. The lowest BCUT2D eigenvalue weighted by molar-refractivity contribution is 0.304. The topological polar surface area (TPSA) is 0 Å². The summed E-state index contributed by atoms with van der Waals surface area (Å²) in [6.07, 6.45) is 0. The fraction of sp³-hybridized carbons (Fsp3) is 0.333. The van der Waals surface area contributed by atoms with E-state index in [0.717, 1.165) is 0 Å². The Kier molecular flexibility index (Phi) is 3.07. The lowest BCUT2D eigenvalue weighted by atomic mass is 9.59. The van der Waals surface area contributed by atoms with E-state index in [1.807, 2.05) is 0 Å². The zero-order chi connectivity index (χ0) is 19.2. The Morgan fingerprint density at radius 3 is 1.93 bits per heavy atom. The van der Waals surface area contributed by atoms with Crippen LogP contribution in [0.2, 0.25) is 0 Å². The predicted molar refractivity (Wildman–Crippen MR) is 115 cm³/mol. The zero-order valence-corrected chi connectivity index (χ0v) is 17.3. The minimum Gasteiger partial charge on any atom is -0.0619 e. The van der Waals surface area contributed by atoms with Crippen molar-refractivity contribution < 1.29 is 0 Å². The molecule has 0 atom stereocenters. The molecule has 2 bridgehead atoms. The van der Waals surface area contributed by atoms with Crippen LogP contribution in [-0.2, 0) is 16.2 Å². The van der Waals surface area contributed by atoms with Gasteiger partial charge in [-0.05, 0) is 61.4 Å². The third kappa shape index (κ3) is 1.89. The molecule has 0 aromatic heterocycles. The monoisotopic (exact) mass is 352 g/mol. The van der Waals surface area contributed by atoms with Crippen molar-refractivity contribution in [2.24, 2.45) is 0 Å². The van der Waals surface area contributed by atoms with Gasteiger partial charge < -0.3 is 0 Å². The van der Waals surface area contributed by atoms with E-state index < -0.39 is 0 Å². The summed E-state index contributed by atoms with van der Waals surface area (Å²) in [5.41, 5.74) is 11.5. The van der Waals surface area contributed by atoms with E-state index in [0.29, 0.717) is 0 Å². The van der Waals surface area contributed by atoms with Crippen molar-refractivity contribution in [2.45, 2.75) is 57.8 Å². The lowest BCUT2D eigenvalue weighted by Gasteiger charge is -2.44. The van der Waals surface area contributed by atoms with E-state index in [9.17, 15) is 0 Å². The molecule has 0 spiro atoms. The van der Waals surface area contributed by atoms with Crippen LogP contribution in [0.25, 0.3) is 22.3 Å². The molecular weight excluding hydrogens is 324 g/mol. The minimum absolute atomic E-state index is 0.00113. The maximum Gasteiger partial charge on any atom is 0.0158 e. The average Bonchev–Trinajstić information content (AvgIpc) is 2.88. The van der Waals surface area contributed by atoms with Gasteiger partial charge in [0.1, 0.15) is 0 Å². The van der Waals surface area contributed by atoms with Gasteiger partial charge in [0.2, 0.25) is 0 Å². The van der Waals surface area contributed by atoms with E-state index in [1.54, 1.807) is 0 Å². The van der Waals surface area contributed by atoms with Gasteiger partial charge in [-0.1, -0.05) is 96.1 Å². The quantitative estimate of drug-likeness (QED) is 0.400. The molecule has 5 rings (SSSR count). The van der Waals surface area contributed by atoms with E-state index >= 15 is 0 Å². The molecule has 0 saturated heterocycles. The molecule has 0 heterocycles. The molecule has 3 aromatic carbocycles. The van der Waals surface area contributed by atoms with Gasteiger partial charge >= 0.3 is 0 Å². The molecule has 136 valence electrons. The summed E-state index contributed by atoms with van der Waals surface area (Å²) >= 11 is 0. The molecule has 0 N–H and O–H groups in total. The van der Waals surface area contributed by atoms with Crippen molar-refractivity contribution in [1.82, 2.24) is 0 Å². The molecule has 0 amide bonds. The van der Waals surface area contributed by atoms with Crippen LogP contribution in [0.4, 0.5) is 0 Å². The first-order chi connectivity index (χ1) is 12.7. The maximum absolute atomic E-state index is 2.45. The SMILES string of the molecule is CC1(C)c2ccc3cc2-c2c1cccc2C(C)(C)C(C)(C)c1ccccc1-3. The van der Waals surface area contributed by atoms with Crippen molar-refractivity contribution in [2.75, 3.05) is 0 Å². The zero-order valence-electron chi connectivity index (χ0n) is 17.3. The summed E-state index contributed by atoms with van der Waals surface area (Å²) in [6, 6.07) is 23.1. The number of benzene rings is 3. The maximum atomic E-state index is 2.45. The van der Waals surface area contributed by atoms with Gasteiger partial charge in [-0.25, -0.2) is 0 Å². The van der Waals surface area contributed by atoms with Crippen LogP contribution in [0.15, 0.2) is 60.7 Å². The average molecular weight is 353 g/mol. The first-order valence-electron chi connectivity index (χ1n) is 10.1. The minimum atomic E-state index is -0.00165. The number of rotatable bonds is 0.